The van der Waals surface area contributed by atoms with Crippen LogP contribution in [0, 0.1) is 11.3 Å². The molecule has 2 aromatic carbocycles. The van der Waals surface area contributed by atoms with Gasteiger partial charge in [-0.2, -0.15) is 5.26 Å². The SMILES string of the molecule is CCOc1cc(/C=C(/C#N)C(=O)Nc2cccc(C(=O)O)c2)cc(Cl)c1OC. The minimum atomic E-state index is -1.12. The molecule has 0 atom stereocenters. The Kier molecular flexibility index (Phi) is 7.02. The van der Waals surface area contributed by atoms with Crippen molar-refractivity contribution < 1.29 is 24.2 Å². The van der Waals surface area contributed by atoms with Crippen molar-refractivity contribution in [3.05, 3.63) is 58.1 Å². The van der Waals surface area contributed by atoms with Gasteiger partial charge in [-0.1, -0.05) is 17.7 Å². The molecule has 1 amide bonds. The molecule has 0 aliphatic carbocycles. The number of nitriles is 1. The van der Waals surface area contributed by atoms with Crippen LogP contribution in [0.3, 0.4) is 0 Å². The highest BCUT2D eigenvalue weighted by atomic mass is 35.5. The van der Waals surface area contributed by atoms with Crippen LogP contribution >= 0.6 is 11.6 Å². The van der Waals surface area contributed by atoms with Crippen LogP contribution in [0.2, 0.25) is 5.02 Å². The summed E-state index contributed by atoms with van der Waals surface area (Å²) in [7, 11) is 1.46. The zero-order chi connectivity index (χ0) is 20.7. The fourth-order valence-corrected chi connectivity index (χ4v) is 2.67. The number of ether oxygens (including phenoxy) is 2. The summed E-state index contributed by atoms with van der Waals surface area (Å²) in [4.78, 5) is 23.4. The fraction of sp³-hybridized carbons (Fsp3) is 0.150. The number of hydrogen-bond acceptors (Lipinski definition) is 5. The first kappa shape index (κ1) is 20.8. The number of aromatic carboxylic acids is 1. The van der Waals surface area contributed by atoms with Crippen LogP contribution in [-0.4, -0.2) is 30.7 Å². The molecule has 28 heavy (non-hydrogen) atoms. The molecule has 0 spiro atoms. The van der Waals surface area contributed by atoms with Crippen LogP contribution in [0.25, 0.3) is 6.08 Å². The standard InChI is InChI=1S/C20H17ClN2O5/c1-3-28-17-9-12(8-16(21)18(17)27-2)7-14(11-22)19(24)23-15-6-4-5-13(10-15)20(25)26/h4-10H,3H2,1-2H3,(H,23,24)(H,25,26)/b14-7-. The molecule has 0 aliphatic rings. The second-order valence-corrected chi connectivity index (χ2v) is 5.88. The summed E-state index contributed by atoms with van der Waals surface area (Å²) in [6.45, 7) is 2.18. The number of methoxy groups -OCH3 is 1. The predicted octanol–water partition coefficient (Wildman–Crippen LogP) is 3.99. The van der Waals surface area contributed by atoms with Crippen LogP contribution < -0.4 is 14.8 Å². The summed E-state index contributed by atoms with van der Waals surface area (Å²) in [6, 6.07) is 10.7. The average molecular weight is 401 g/mol. The molecular formula is C20H17ClN2O5. The van der Waals surface area contributed by atoms with E-state index in [2.05, 4.69) is 5.32 Å². The minimum absolute atomic E-state index is 0.0172. The van der Waals surface area contributed by atoms with Gasteiger partial charge in [0.2, 0.25) is 0 Å². The highest BCUT2D eigenvalue weighted by Crippen LogP contribution is 2.36. The monoisotopic (exact) mass is 400 g/mol. The molecule has 144 valence electrons. The number of anilines is 1. The third kappa shape index (κ3) is 5.02. The Labute approximate surface area is 166 Å². The summed E-state index contributed by atoms with van der Waals surface area (Å²) in [5.41, 5.74) is 0.557. The summed E-state index contributed by atoms with van der Waals surface area (Å²) in [6.07, 6.45) is 1.35. The van der Waals surface area contributed by atoms with Crippen molar-refractivity contribution in [3.8, 4) is 17.6 Å². The molecule has 0 radical (unpaired) electrons. The largest absolute Gasteiger partial charge is 0.491 e. The number of carboxylic acids is 1. The maximum absolute atomic E-state index is 12.4. The van der Waals surface area contributed by atoms with Crippen LogP contribution in [0.4, 0.5) is 5.69 Å². The first-order valence-corrected chi connectivity index (χ1v) is 8.54. The van der Waals surface area contributed by atoms with Crippen LogP contribution in [0.5, 0.6) is 11.5 Å². The van der Waals surface area contributed by atoms with Gasteiger partial charge in [0.25, 0.3) is 5.91 Å². The Bertz CT molecular complexity index is 979. The van der Waals surface area contributed by atoms with Crippen molar-refractivity contribution in [2.45, 2.75) is 6.92 Å². The zero-order valence-electron chi connectivity index (χ0n) is 15.2. The lowest BCUT2D eigenvalue weighted by Crippen LogP contribution is -2.14. The van der Waals surface area contributed by atoms with Gasteiger partial charge in [-0.3, -0.25) is 4.79 Å². The molecule has 0 aliphatic heterocycles. The number of amides is 1. The maximum atomic E-state index is 12.4. The van der Waals surface area contributed by atoms with Crippen molar-refractivity contribution in [1.29, 1.82) is 5.26 Å². The molecule has 2 N–H and O–H groups in total. The van der Waals surface area contributed by atoms with Gasteiger partial charge in [0, 0.05) is 5.69 Å². The molecule has 0 unspecified atom stereocenters. The summed E-state index contributed by atoms with van der Waals surface area (Å²) < 4.78 is 10.7. The molecule has 0 bridgehead atoms. The lowest BCUT2D eigenvalue weighted by Gasteiger charge is -2.12. The maximum Gasteiger partial charge on any atom is 0.335 e. The van der Waals surface area contributed by atoms with E-state index >= 15 is 0 Å². The highest BCUT2D eigenvalue weighted by molar-refractivity contribution is 6.32. The topological polar surface area (TPSA) is 109 Å². The lowest BCUT2D eigenvalue weighted by molar-refractivity contribution is -0.112. The number of carboxylic acid groups (broad SMARTS) is 1. The molecule has 2 rings (SSSR count). The number of halogens is 1. The number of carbonyl (C=O) groups is 2. The van der Waals surface area contributed by atoms with E-state index in [0.717, 1.165) is 0 Å². The first-order valence-electron chi connectivity index (χ1n) is 8.16. The quantitative estimate of drug-likeness (QED) is 0.537. The van der Waals surface area contributed by atoms with E-state index in [1.54, 1.807) is 19.1 Å². The number of nitrogens with one attached hydrogen (secondary N) is 1. The van der Waals surface area contributed by atoms with E-state index in [4.69, 9.17) is 26.2 Å². The van der Waals surface area contributed by atoms with Crippen molar-refractivity contribution >= 4 is 35.2 Å². The van der Waals surface area contributed by atoms with Gasteiger partial charge in [-0.05, 0) is 48.9 Å². The van der Waals surface area contributed by atoms with Gasteiger partial charge in [-0.15, -0.1) is 0 Å². The molecule has 0 aromatic heterocycles. The van der Waals surface area contributed by atoms with Crippen molar-refractivity contribution in [2.75, 3.05) is 19.0 Å². The van der Waals surface area contributed by atoms with Gasteiger partial charge in [0.05, 0.1) is 24.3 Å². The fourth-order valence-electron chi connectivity index (χ4n) is 2.38. The molecular weight excluding hydrogens is 384 g/mol. The average Bonchev–Trinajstić information content (AvgIpc) is 2.66. The van der Waals surface area contributed by atoms with Crippen molar-refractivity contribution in [3.63, 3.8) is 0 Å². The first-order chi connectivity index (χ1) is 13.4. The molecule has 0 fully saturated rings. The zero-order valence-corrected chi connectivity index (χ0v) is 15.9. The van der Waals surface area contributed by atoms with E-state index in [0.29, 0.717) is 23.7 Å². The molecule has 0 heterocycles. The van der Waals surface area contributed by atoms with E-state index in [1.807, 2.05) is 6.07 Å². The van der Waals surface area contributed by atoms with E-state index in [1.165, 1.54) is 37.5 Å². The van der Waals surface area contributed by atoms with Crippen molar-refractivity contribution in [1.82, 2.24) is 0 Å². The van der Waals surface area contributed by atoms with Gasteiger partial charge in [0.1, 0.15) is 11.6 Å². The van der Waals surface area contributed by atoms with E-state index in [9.17, 15) is 14.9 Å². The molecule has 2 aromatic rings. The van der Waals surface area contributed by atoms with Gasteiger partial charge in [-0.25, -0.2) is 4.79 Å². The molecule has 0 saturated carbocycles. The van der Waals surface area contributed by atoms with Crippen molar-refractivity contribution in [2.24, 2.45) is 0 Å². The Morgan fingerprint density at radius 3 is 2.68 bits per heavy atom. The number of rotatable bonds is 7. The summed E-state index contributed by atoms with van der Waals surface area (Å²) >= 11 is 6.18. The number of hydrogen-bond donors (Lipinski definition) is 2. The lowest BCUT2D eigenvalue weighted by atomic mass is 10.1. The molecule has 0 saturated heterocycles. The Morgan fingerprint density at radius 1 is 1.32 bits per heavy atom. The van der Waals surface area contributed by atoms with Gasteiger partial charge < -0.3 is 19.9 Å². The molecule has 8 heteroatoms. The smallest absolute Gasteiger partial charge is 0.335 e. The van der Waals surface area contributed by atoms with Gasteiger partial charge >= 0.3 is 5.97 Å². The van der Waals surface area contributed by atoms with Gasteiger partial charge in [0.15, 0.2) is 11.5 Å². The third-order valence-electron chi connectivity index (χ3n) is 3.58. The Balaban J connectivity index is 2.33. The van der Waals surface area contributed by atoms with Crippen LogP contribution in [0.15, 0.2) is 42.0 Å². The minimum Gasteiger partial charge on any atom is -0.491 e. The Morgan fingerprint density at radius 2 is 2.07 bits per heavy atom. The van der Waals surface area contributed by atoms with E-state index < -0.39 is 11.9 Å². The highest BCUT2D eigenvalue weighted by Gasteiger charge is 2.14. The second kappa shape index (κ2) is 9.44. The third-order valence-corrected chi connectivity index (χ3v) is 3.86. The number of benzene rings is 2. The van der Waals surface area contributed by atoms with Crippen LogP contribution in [0.1, 0.15) is 22.8 Å². The molecule has 7 nitrogen and oxygen atoms in total. The number of carbonyl (C=O) groups excluding carboxylic acids is 1. The Hall–Kier alpha value is -3.50. The predicted molar refractivity (Wildman–Crippen MR) is 105 cm³/mol. The van der Waals surface area contributed by atoms with E-state index in [-0.39, 0.29) is 21.8 Å². The summed E-state index contributed by atoms with van der Waals surface area (Å²) in [5.74, 6) is -1.07. The van der Waals surface area contributed by atoms with Crippen LogP contribution in [-0.2, 0) is 4.79 Å². The number of nitrogens with zero attached hydrogens (tertiary/aromatic N) is 1. The summed E-state index contributed by atoms with van der Waals surface area (Å²) in [5, 5.41) is 21.2. The normalized spacial score (nSPS) is 10.7. The second-order valence-electron chi connectivity index (χ2n) is 5.48.